The van der Waals surface area contributed by atoms with E-state index in [9.17, 15) is 14.4 Å². The molecule has 0 bridgehead atoms. The number of nitrogens with zero attached hydrogens (tertiary/aromatic N) is 1. The summed E-state index contributed by atoms with van der Waals surface area (Å²) in [7, 11) is 0. The van der Waals surface area contributed by atoms with Crippen LogP contribution in [0.1, 0.15) is 29.3 Å². The van der Waals surface area contributed by atoms with Crippen molar-refractivity contribution in [3.05, 3.63) is 59.7 Å². The highest BCUT2D eigenvalue weighted by atomic mass is 16.2. The number of carbonyl (C=O) groups is 3. The SMILES string of the molecule is CC(=O)c1ccc(C)c(NC(=O)C2CC(=O)N(c3ccccc3)C2)c1. The molecular weight excluding hydrogens is 316 g/mol. The zero-order valence-electron chi connectivity index (χ0n) is 14.3. The number of hydrogen-bond acceptors (Lipinski definition) is 3. The Hall–Kier alpha value is -2.95. The van der Waals surface area contributed by atoms with Crippen molar-refractivity contribution in [2.24, 2.45) is 5.92 Å². The second kappa shape index (κ2) is 6.89. The highest BCUT2D eigenvalue weighted by Gasteiger charge is 2.35. The molecule has 1 atom stereocenters. The van der Waals surface area contributed by atoms with Crippen LogP contribution in [-0.2, 0) is 9.59 Å². The normalized spacial score (nSPS) is 16.8. The summed E-state index contributed by atoms with van der Waals surface area (Å²) in [6.45, 7) is 3.72. The molecule has 1 unspecified atom stereocenters. The molecule has 1 saturated heterocycles. The van der Waals surface area contributed by atoms with Crippen LogP contribution < -0.4 is 10.2 Å². The molecule has 0 spiro atoms. The molecule has 5 nitrogen and oxygen atoms in total. The first-order valence-corrected chi connectivity index (χ1v) is 8.23. The molecule has 25 heavy (non-hydrogen) atoms. The van der Waals surface area contributed by atoms with Gasteiger partial charge >= 0.3 is 0 Å². The number of rotatable bonds is 4. The molecule has 2 amide bonds. The monoisotopic (exact) mass is 336 g/mol. The van der Waals surface area contributed by atoms with Gasteiger partial charge in [-0.05, 0) is 37.6 Å². The largest absolute Gasteiger partial charge is 0.326 e. The lowest BCUT2D eigenvalue weighted by molar-refractivity contribution is -0.122. The smallest absolute Gasteiger partial charge is 0.229 e. The van der Waals surface area contributed by atoms with Crippen LogP contribution in [0.5, 0.6) is 0 Å². The van der Waals surface area contributed by atoms with Crippen LogP contribution in [0.2, 0.25) is 0 Å². The van der Waals surface area contributed by atoms with E-state index in [2.05, 4.69) is 5.32 Å². The third-order valence-electron chi connectivity index (χ3n) is 4.47. The lowest BCUT2D eigenvalue weighted by atomic mass is 10.1. The van der Waals surface area contributed by atoms with Crippen molar-refractivity contribution < 1.29 is 14.4 Å². The van der Waals surface area contributed by atoms with Gasteiger partial charge in [-0.25, -0.2) is 0 Å². The van der Waals surface area contributed by atoms with Crippen LogP contribution in [0.15, 0.2) is 48.5 Å². The number of Topliss-reactive ketones (excluding diaryl/α,β-unsaturated/α-hetero) is 1. The van der Waals surface area contributed by atoms with E-state index in [0.29, 0.717) is 17.8 Å². The Labute approximate surface area is 146 Å². The molecule has 1 heterocycles. The molecule has 3 rings (SSSR count). The van der Waals surface area contributed by atoms with Gasteiger partial charge in [-0.2, -0.15) is 0 Å². The second-order valence-corrected chi connectivity index (χ2v) is 6.32. The van der Waals surface area contributed by atoms with Gasteiger partial charge in [0.15, 0.2) is 5.78 Å². The fourth-order valence-electron chi connectivity index (χ4n) is 2.95. The van der Waals surface area contributed by atoms with E-state index in [0.717, 1.165) is 11.3 Å². The Morgan fingerprint density at radius 3 is 2.52 bits per heavy atom. The molecule has 128 valence electrons. The van der Waals surface area contributed by atoms with Crippen LogP contribution in [0, 0.1) is 12.8 Å². The molecule has 2 aromatic carbocycles. The maximum atomic E-state index is 12.6. The molecule has 0 radical (unpaired) electrons. The zero-order chi connectivity index (χ0) is 18.0. The van der Waals surface area contributed by atoms with Crippen LogP contribution in [0.3, 0.4) is 0 Å². The Bertz CT molecular complexity index is 830. The predicted molar refractivity (Wildman–Crippen MR) is 96.7 cm³/mol. The van der Waals surface area contributed by atoms with Crippen molar-refractivity contribution in [1.82, 2.24) is 0 Å². The van der Waals surface area contributed by atoms with Crippen molar-refractivity contribution in [2.75, 3.05) is 16.8 Å². The molecule has 0 saturated carbocycles. The summed E-state index contributed by atoms with van der Waals surface area (Å²) in [4.78, 5) is 38.0. The standard InChI is InChI=1S/C20H20N2O3/c1-13-8-9-15(14(2)23)10-18(13)21-20(25)16-11-19(24)22(12-16)17-6-4-3-5-7-17/h3-10,16H,11-12H2,1-2H3,(H,21,25). The summed E-state index contributed by atoms with van der Waals surface area (Å²) in [5, 5.41) is 2.87. The van der Waals surface area contributed by atoms with Crippen molar-refractivity contribution in [3.63, 3.8) is 0 Å². The first kappa shape index (κ1) is 16.9. The van der Waals surface area contributed by atoms with Gasteiger partial charge in [0.05, 0.1) is 5.92 Å². The van der Waals surface area contributed by atoms with Gasteiger partial charge in [0, 0.05) is 29.9 Å². The first-order chi connectivity index (χ1) is 12.0. The van der Waals surface area contributed by atoms with E-state index in [1.54, 1.807) is 17.0 Å². The lowest BCUT2D eigenvalue weighted by Gasteiger charge is -2.17. The van der Waals surface area contributed by atoms with Crippen LogP contribution in [0.25, 0.3) is 0 Å². The molecule has 0 aromatic heterocycles. The van der Waals surface area contributed by atoms with Gasteiger partial charge in [-0.15, -0.1) is 0 Å². The molecule has 5 heteroatoms. The number of carbonyl (C=O) groups excluding carboxylic acids is 3. The van der Waals surface area contributed by atoms with E-state index in [-0.39, 0.29) is 24.0 Å². The van der Waals surface area contributed by atoms with Gasteiger partial charge in [0.2, 0.25) is 11.8 Å². The van der Waals surface area contributed by atoms with Gasteiger partial charge in [0.1, 0.15) is 0 Å². The van der Waals surface area contributed by atoms with Crippen LogP contribution >= 0.6 is 0 Å². The minimum absolute atomic E-state index is 0.0539. The summed E-state index contributed by atoms with van der Waals surface area (Å²) in [6.07, 6.45) is 0.187. The number of benzene rings is 2. The van der Waals surface area contributed by atoms with E-state index in [1.807, 2.05) is 43.3 Å². The number of hydrogen-bond donors (Lipinski definition) is 1. The van der Waals surface area contributed by atoms with Crippen molar-refractivity contribution in [1.29, 1.82) is 0 Å². The highest BCUT2D eigenvalue weighted by molar-refractivity contribution is 6.04. The van der Waals surface area contributed by atoms with Crippen LogP contribution in [-0.4, -0.2) is 24.1 Å². The van der Waals surface area contributed by atoms with Gasteiger partial charge in [-0.3, -0.25) is 14.4 Å². The van der Waals surface area contributed by atoms with E-state index in [4.69, 9.17) is 0 Å². The molecule has 2 aromatic rings. The Morgan fingerprint density at radius 2 is 1.84 bits per heavy atom. The van der Waals surface area contributed by atoms with Crippen molar-refractivity contribution in [3.8, 4) is 0 Å². The number of para-hydroxylation sites is 1. The Morgan fingerprint density at radius 1 is 1.12 bits per heavy atom. The minimum atomic E-state index is -0.409. The number of amides is 2. The van der Waals surface area contributed by atoms with Crippen LogP contribution in [0.4, 0.5) is 11.4 Å². The average molecular weight is 336 g/mol. The Balaban J connectivity index is 1.74. The molecule has 1 aliphatic rings. The molecular formula is C20H20N2O3. The first-order valence-electron chi connectivity index (χ1n) is 8.23. The summed E-state index contributed by atoms with van der Waals surface area (Å²) >= 11 is 0. The lowest BCUT2D eigenvalue weighted by Crippen LogP contribution is -2.28. The number of nitrogens with one attached hydrogen (secondary N) is 1. The maximum Gasteiger partial charge on any atom is 0.229 e. The quantitative estimate of drug-likeness (QED) is 0.872. The van der Waals surface area contributed by atoms with E-state index < -0.39 is 5.92 Å². The highest BCUT2D eigenvalue weighted by Crippen LogP contribution is 2.26. The molecule has 0 aliphatic carbocycles. The number of aryl methyl sites for hydroxylation is 1. The summed E-state index contributed by atoms with van der Waals surface area (Å²) in [5.74, 6) is -0.717. The van der Waals surface area contributed by atoms with Crippen molar-refractivity contribution in [2.45, 2.75) is 20.3 Å². The fraction of sp³-hybridized carbons (Fsp3) is 0.250. The molecule has 1 aliphatic heterocycles. The topological polar surface area (TPSA) is 66.5 Å². The average Bonchev–Trinajstić information content (AvgIpc) is 2.99. The maximum absolute atomic E-state index is 12.6. The van der Waals surface area contributed by atoms with Gasteiger partial charge < -0.3 is 10.2 Å². The van der Waals surface area contributed by atoms with Gasteiger partial charge in [-0.1, -0.05) is 30.3 Å². The Kier molecular flexibility index (Phi) is 4.65. The van der Waals surface area contributed by atoms with Crippen molar-refractivity contribution >= 4 is 29.0 Å². The number of anilines is 2. The third-order valence-corrected chi connectivity index (χ3v) is 4.47. The zero-order valence-corrected chi connectivity index (χ0v) is 14.3. The summed E-state index contributed by atoms with van der Waals surface area (Å²) < 4.78 is 0. The van der Waals surface area contributed by atoms with E-state index in [1.165, 1.54) is 6.92 Å². The fourth-order valence-corrected chi connectivity index (χ4v) is 2.95. The predicted octanol–water partition coefficient (Wildman–Crippen LogP) is 3.19. The van der Waals surface area contributed by atoms with Gasteiger partial charge in [0.25, 0.3) is 0 Å². The summed E-state index contributed by atoms with van der Waals surface area (Å²) in [6, 6.07) is 14.6. The second-order valence-electron chi connectivity index (χ2n) is 6.32. The molecule has 1 fully saturated rings. The third kappa shape index (κ3) is 3.60. The molecule has 1 N–H and O–H groups in total. The summed E-state index contributed by atoms with van der Waals surface area (Å²) in [5.41, 5.74) is 2.85. The number of ketones is 1. The van der Waals surface area contributed by atoms with E-state index >= 15 is 0 Å². The minimum Gasteiger partial charge on any atom is -0.326 e.